The van der Waals surface area contributed by atoms with Crippen LogP contribution < -0.4 is 18.0 Å². The normalized spacial score (nSPS) is 16.8. The van der Waals surface area contributed by atoms with Crippen molar-refractivity contribution >= 4 is 64.9 Å². The van der Waals surface area contributed by atoms with E-state index in [-0.39, 0.29) is 78.9 Å². The van der Waals surface area contributed by atoms with Gasteiger partial charge in [-0.3, -0.25) is 33.9 Å². The van der Waals surface area contributed by atoms with Crippen LogP contribution in [0.15, 0.2) is 10.9 Å². The summed E-state index contributed by atoms with van der Waals surface area (Å²) in [5.74, 6) is -3.51. The number of aliphatic carboxylic acids is 2. The van der Waals surface area contributed by atoms with Gasteiger partial charge in [-0.25, -0.2) is 9.59 Å². The molecule has 1 saturated carbocycles. The van der Waals surface area contributed by atoms with Crippen LogP contribution in [0.4, 0.5) is 9.59 Å². The average Bonchev–Trinajstić information content (AvgIpc) is 3.92. The first-order chi connectivity index (χ1) is 27.0. The van der Waals surface area contributed by atoms with Gasteiger partial charge in [0.15, 0.2) is 0 Å². The zero-order chi connectivity index (χ0) is 44.6. The van der Waals surface area contributed by atoms with E-state index in [1.807, 2.05) is 20.3 Å². The number of aromatic nitrogens is 2. The molecule has 3 aliphatic rings. The predicted octanol–water partition coefficient (Wildman–Crippen LogP) is 2.33. The second-order valence-electron chi connectivity index (χ2n) is 15.8. The van der Waals surface area contributed by atoms with E-state index in [4.69, 9.17) is 24.4 Å². The summed E-state index contributed by atoms with van der Waals surface area (Å²) in [5.41, 5.74) is 0.00193. The fraction of sp³-hybridized carbons (Fsp3) is 0.725. The van der Waals surface area contributed by atoms with Crippen molar-refractivity contribution in [3.63, 3.8) is 0 Å². The van der Waals surface area contributed by atoms with Gasteiger partial charge in [0.1, 0.15) is 29.8 Å². The monoisotopic (exact) mass is 886 g/mol. The smallest absolute Gasteiger partial charge is 1.00 e. The minimum atomic E-state index is -1.16. The Labute approximate surface area is 376 Å². The largest absolute Gasteiger partial charge is 2.00 e. The number of halogens is 1. The molecule has 4 N–H and O–H groups in total. The maximum atomic E-state index is 11.9. The summed E-state index contributed by atoms with van der Waals surface area (Å²) in [6.07, 6.45) is 6.54. The second-order valence-corrected chi connectivity index (χ2v) is 15.8. The molecule has 60 heavy (non-hydrogen) atoms. The van der Waals surface area contributed by atoms with Crippen LogP contribution in [0.25, 0.3) is 0 Å². The van der Waals surface area contributed by atoms with Crippen molar-refractivity contribution in [2.24, 2.45) is 11.8 Å². The van der Waals surface area contributed by atoms with Crippen molar-refractivity contribution < 1.29 is 75.1 Å². The average molecular weight is 888 g/mol. The van der Waals surface area contributed by atoms with Gasteiger partial charge in [0.05, 0.1) is 19.1 Å². The van der Waals surface area contributed by atoms with Crippen molar-refractivity contribution in [1.29, 1.82) is 0 Å². The van der Waals surface area contributed by atoms with Gasteiger partial charge in [0.25, 0.3) is 5.56 Å². The Bertz CT molecular complexity index is 1520. The van der Waals surface area contributed by atoms with Crippen LogP contribution in [0.3, 0.4) is 0 Å². The number of amides is 2. The number of esters is 2. The van der Waals surface area contributed by atoms with E-state index in [9.17, 15) is 38.4 Å². The van der Waals surface area contributed by atoms with Crippen LogP contribution in [0.2, 0.25) is 0 Å². The summed E-state index contributed by atoms with van der Waals surface area (Å²) in [6.45, 7) is 20.1. The maximum Gasteiger partial charge on any atom is 2.00 e. The first-order valence-corrected chi connectivity index (χ1v) is 19.7. The number of carbonyl (C=O) groups excluding carboxylic acids is 5. The molecule has 1 aromatic rings. The molecule has 20 heteroatoms. The zero-order valence-electron chi connectivity index (χ0n) is 37.1. The van der Waals surface area contributed by atoms with Crippen molar-refractivity contribution in [2.45, 2.75) is 138 Å². The summed E-state index contributed by atoms with van der Waals surface area (Å²) in [7, 11) is 0. The molecular weight excluding hydrogens is 820 g/mol. The number of rotatable bonds is 9. The minimum Gasteiger partial charge on any atom is -1.00 e. The number of ketones is 1. The molecule has 18 nitrogen and oxygen atoms in total. The van der Waals surface area contributed by atoms with Crippen LogP contribution >= 0.6 is 0 Å². The number of nitrogens with zero attached hydrogens (tertiary/aromatic N) is 2. The van der Waals surface area contributed by atoms with E-state index in [1.54, 1.807) is 61.5 Å². The number of carboxylic acids is 2. The summed E-state index contributed by atoms with van der Waals surface area (Å²) in [5, 5.41) is 22.3. The first-order valence-electron chi connectivity index (χ1n) is 19.7. The van der Waals surface area contributed by atoms with E-state index < -0.39 is 59.6 Å². The Morgan fingerprint density at radius 3 is 1.50 bits per heavy atom. The molecule has 2 amide bonds. The molecule has 2 atom stereocenters. The Morgan fingerprint density at radius 2 is 1.15 bits per heavy atom. The molecule has 3 heterocycles. The van der Waals surface area contributed by atoms with Gasteiger partial charge >= 0.3 is 59.1 Å². The number of hydrogen-bond donors (Lipinski definition) is 4. The Morgan fingerprint density at radius 1 is 0.733 bits per heavy atom. The standard InChI is InChI=1S/C14H23NO5.C10H17NO4.C8H12N2O.C5H8O4.C3H7.ClH.Mg/c1-5-19-12(17)8-11(16)10-6-7-15(9-10)13(18)20-14(2,3)4;1-10(2,3)15-9(14)11-5-4-7(6-11)8(12)13;11-8-5-7(9-10-8)6-3-1-2-4-6;1-2-9-5(8)3-4(6)7;1-3-2;;/h10H,5-9H2,1-4H3;7H,4-6H2,1-3H3,(H,12,13);5-6H,1-4H2,(H2,9,10,11);2-3H2,1H3,(H,6,7);3H,1-2H3;1H;/q;;;;-1;;+2/p-1/t10-;7-;;;;;/m11...../s1. The Hall–Kier alpha value is -3.84. The van der Waals surface area contributed by atoms with E-state index >= 15 is 0 Å². The van der Waals surface area contributed by atoms with Crippen LogP contribution in [-0.4, -0.2) is 146 Å². The SMILES string of the molecule is CC(C)(C)OC(=O)N1CC[C@@H](C(=O)O)C1.CCOC(=O)CC(=O)O.CCOC(=O)CC(=O)[C@@H]1CCN(C(=O)OC(C)(C)C)C1.C[CH-]C.O=c1cc(C2CCCC2)[nH][nH]1.[Cl-].[Mg+2]. The maximum absolute atomic E-state index is 11.9. The van der Waals surface area contributed by atoms with Crippen LogP contribution in [0.1, 0.15) is 132 Å². The fourth-order valence-electron chi connectivity index (χ4n) is 5.61. The number of nitrogens with one attached hydrogen (secondary N) is 2. The molecule has 3 fully saturated rings. The van der Waals surface area contributed by atoms with Gasteiger partial charge in [-0.2, -0.15) is 13.8 Å². The third kappa shape index (κ3) is 27.8. The van der Waals surface area contributed by atoms with Crippen LogP contribution in [0.5, 0.6) is 0 Å². The second kappa shape index (κ2) is 31.1. The van der Waals surface area contributed by atoms with Gasteiger partial charge in [0.2, 0.25) is 0 Å². The van der Waals surface area contributed by atoms with E-state index in [0.29, 0.717) is 38.4 Å². The molecular formula is C40H67ClMgN4O14. The molecule has 0 radical (unpaired) electrons. The van der Waals surface area contributed by atoms with Crippen LogP contribution in [-0.2, 0) is 42.9 Å². The minimum absolute atomic E-state index is 0. The van der Waals surface area contributed by atoms with Crippen molar-refractivity contribution in [1.82, 2.24) is 20.0 Å². The molecule has 0 bridgehead atoms. The molecule has 0 aromatic carbocycles. The molecule has 0 spiro atoms. The summed E-state index contributed by atoms with van der Waals surface area (Å²) >= 11 is 0. The number of aromatic amines is 2. The molecule has 4 rings (SSSR count). The quantitative estimate of drug-likeness (QED) is 0.0914. The Balaban J connectivity index is -0.000000724. The summed E-state index contributed by atoms with van der Waals surface area (Å²) in [4.78, 5) is 91.0. The topological polar surface area (TPSA) is 252 Å². The number of likely N-dealkylation sites (tertiary alicyclic amines) is 2. The number of Topliss-reactive ketones (excluding diaryl/α,β-unsaturated/α-hetero) is 1. The number of carbonyl (C=O) groups is 7. The third-order valence-electron chi connectivity index (χ3n) is 8.12. The van der Waals surface area contributed by atoms with Gasteiger partial charge in [-0.15, -0.1) is 0 Å². The predicted molar refractivity (Wildman–Crippen MR) is 219 cm³/mol. The molecule has 2 aliphatic heterocycles. The number of carboxylic acid groups (broad SMARTS) is 2. The van der Waals surface area contributed by atoms with Gasteiger partial charge in [0, 0.05) is 49.8 Å². The van der Waals surface area contributed by atoms with E-state index in [1.165, 1.54) is 35.5 Å². The van der Waals surface area contributed by atoms with Crippen molar-refractivity contribution in [3.8, 4) is 0 Å². The zero-order valence-corrected chi connectivity index (χ0v) is 39.2. The molecule has 1 aliphatic carbocycles. The molecule has 1 aromatic heterocycles. The first kappa shape index (κ1) is 60.5. The number of ether oxygens (including phenoxy) is 4. The number of H-pyrrole nitrogens is 2. The molecule has 2 saturated heterocycles. The Kier molecular flexibility index (Phi) is 31.3. The summed E-state index contributed by atoms with van der Waals surface area (Å²) < 4.78 is 19.5. The van der Waals surface area contributed by atoms with Gasteiger partial charge in [-0.05, 0) is 81.1 Å². The summed E-state index contributed by atoms with van der Waals surface area (Å²) in [6, 6.07) is 1.68. The number of hydrogen-bond acceptors (Lipinski definition) is 12. The molecule has 340 valence electrons. The fourth-order valence-corrected chi connectivity index (χ4v) is 5.61. The van der Waals surface area contributed by atoms with Crippen molar-refractivity contribution in [2.75, 3.05) is 39.4 Å². The van der Waals surface area contributed by atoms with Gasteiger partial charge < -0.3 is 62.9 Å². The third-order valence-corrected chi connectivity index (χ3v) is 8.12. The van der Waals surface area contributed by atoms with Crippen LogP contribution in [0, 0.1) is 18.3 Å². The van der Waals surface area contributed by atoms with Crippen molar-refractivity contribution in [3.05, 3.63) is 28.5 Å². The van der Waals surface area contributed by atoms with E-state index in [2.05, 4.69) is 14.9 Å². The van der Waals surface area contributed by atoms with E-state index in [0.717, 1.165) is 5.69 Å². The van der Waals surface area contributed by atoms with Gasteiger partial charge in [-0.1, -0.05) is 12.8 Å². The molecule has 0 unspecified atom stereocenters.